The van der Waals surface area contributed by atoms with Crippen LogP contribution in [0.15, 0.2) is 4.99 Å². The van der Waals surface area contributed by atoms with Crippen molar-refractivity contribution in [3.8, 4) is 0 Å². The number of nitrogens with zero attached hydrogens (tertiary/aromatic N) is 1. The summed E-state index contributed by atoms with van der Waals surface area (Å²) < 4.78 is 0. The van der Waals surface area contributed by atoms with Gasteiger partial charge in [-0.25, -0.2) is 0 Å². The summed E-state index contributed by atoms with van der Waals surface area (Å²) >= 11 is 0. The highest BCUT2D eigenvalue weighted by Gasteiger charge is 1.84. The maximum Gasteiger partial charge on any atom is 0.0273 e. The quantitative estimate of drug-likeness (QED) is 0.467. The van der Waals surface area contributed by atoms with Gasteiger partial charge in [0.25, 0.3) is 0 Å². The van der Waals surface area contributed by atoms with Crippen molar-refractivity contribution in [1.29, 1.82) is 0 Å². The summed E-state index contributed by atoms with van der Waals surface area (Å²) in [5.74, 6) is 0.753. The summed E-state index contributed by atoms with van der Waals surface area (Å²) in [7, 11) is 1.81. The molecule has 0 aliphatic rings. The van der Waals surface area contributed by atoms with Crippen molar-refractivity contribution in [2.24, 2.45) is 10.9 Å². The average Bonchev–Trinajstić information content (AvgIpc) is 1.61. The molecule has 0 aliphatic carbocycles. The van der Waals surface area contributed by atoms with E-state index >= 15 is 0 Å². The van der Waals surface area contributed by atoms with Crippen LogP contribution in [-0.4, -0.2) is 13.3 Å². The first-order valence-electron chi connectivity index (χ1n) is 2.68. The Morgan fingerprint density at radius 2 is 2.14 bits per heavy atom. The fourth-order valence-corrected chi connectivity index (χ4v) is 0.316. The lowest BCUT2D eigenvalue weighted by Crippen LogP contribution is -1.85. The Balaban J connectivity index is 2.97. The van der Waals surface area contributed by atoms with Crippen molar-refractivity contribution in [1.82, 2.24) is 0 Å². The van der Waals surface area contributed by atoms with Gasteiger partial charge in [-0.3, -0.25) is 0 Å². The Morgan fingerprint density at radius 3 is 2.29 bits per heavy atom. The molecule has 0 aromatic carbocycles. The van der Waals surface area contributed by atoms with Gasteiger partial charge < -0.3 is 4.99 Å². The van der Waals surface area contributed by atoms with Crippen molar-refractivity contribution in [2.45, 2.75) is 20.3 Å². The minimum atomic E-state index is 0.753. The van der Waals surface area contributed by atoms with E-state index in [9.17, 15) is 0 Å². The molecule has 0 rings (SSSR count). The Labute approximate surface area is 45.5 Å². The molecule has 1 nitrogen and oxygen atoms in total. The summed E-state index contributed by atoms with van der Waals surface area (Å²) in [6, 6.07) is 0. The van der Waals surface area contributed by atoms with Crippen LogP contribution in [0.3, 0.4) is 0 Å². The third-order valence-electron chi connectivity index (χ3n) is 0.759. The molecule has 7 heavy (non-hydrogen) atoms. The van der Waals surface area contributed by atoms with Gasteiger partial charge in [0.15, 0.2) is 0 Å². The van der Waals surface area contributed by atoms with Crippen LogP contribution >= 0.6 is 0 Å². The molecule has 0 radical (unpaired) electrons. The van der Waals surface area contributed by atoms with E-state index in [-0.39, 0.29) is 0 Å². The fourth-order valence-electron chi connectivity index (χ4n) is 0.316. The highest BCUT2D eigenvalue weighted by Crippen LogP contribution is 1.93. The van der Waals surface area contributed by atoms with Crippen LogP contribution in [0.5, 0.6) is 0 Å². The van der Waals surface area contributed by atoms with Gasteiger partial charge in [0, 0.05) is 7.05 Å². The van der Waals surface area contributed by atoms with E-state index in [2.05, 4.69) is 18.8 Å². The van der Waals surface area contributed by atoms with Gasteiger partial charge in [-0.2, -0.15) is 0 Å². The molecule has 0 spiro atoms. The second-order valence-electron chi connectivity index (χ2n) is 2.07. The molecule has 0 unspecified atom stereocenters. The van der Waals surface area contributed by atoms with Crippen LogP contribution in [0.1, 0.15) is 20.3 Å². The molecule has 0 atom stereocenters. The summed E-state index contributed by atoms with van der Waals surface area (Å²) in [6.45, 7) is 4.36. The monoisotopic (exact) mass is 99.1 g/mol. The first kappa shape index (κ1) is 6.67. The maximum atomic E-state index is 3.85. The van der Waals surface area contributed by atoms with Crippen molar-refractivity contribution in [3.63, 3.8) is 0 Å². The minimum Gasteiger partial charge on any atom is -0.301 e. The normalized spacial score (nSPS) is 11.4. The predicted molar refractivity (Wildman–Crippen MR) is 33.9 cm³/mol. The lowest BCUT2D eigenvalue weighted by Gasteiger charge is -1.93. The van der Waals surface area contributed by atoms with Crippen molar-refractivity contribution < 1.29 is 0 Å². The van der Waals surface area contributed by atoms with Gasteiger partial charge >= 0.3 is 0 Å². The van der Waals surface area contributed by atoms with Crippen LogP contribution in [-0.2, 0) is 0 Å². The Bertz CT molecular complexity index is 55.2. The Morgan fingerprint density at radius 1 is 1.57 bits per heavy atom. The number of rotatable bonds is 2. The topological polar surface area (TPSA) is 12.4 Å². The molecule has 0 amide bonds. The van der Waals surface area contributed by atoms with Crippen molar-refractivity contribution in [3.05, 3.63) is 0 Å². The fraction of sp³-hybridized carbons (Fsp3) is 0.833. The standard InChI is InChI=1S/C6H13N/c1-6(2)4-5-7-3/h5-6H,4H2,1-3H3/b7-5-. The highest BCUT2D eigenvalue weighted by atomic mass is 14.6. The summed E-state index contributed by atoms with van der Waals surface area (Å²) in [6.07, 6.45) is 3.06. The summed E-state index contributed by atoms with van der Waals surface area (Å²) in [5, 5.41) is 0. The number of hydrogen-bond donors (Lipinski definition) is 0. The average molecular weight is 99.2 g/mol. The largest absolute Gasteiger partial charge is 0.301 e. The predicted octanol–water partition coefficient (Wildman–Crippen LogP) is 1.73. The van der Waals surface area contributed by atoms with Gasteiger partial charge in [0.05, 0.1) is 0 Å². The SMILES string of the molecule is C/N=C\CC(C)C. The van der Waals surface area contributed by atoms with E-state index in [0.717, 1.165) is 12.3 Å². The van der Waals surface area contributed by atoms with Gasteiger partial charge in [-0.1, -0.05) is 13.8 Å². The van der Waals surface area contributed by atoms with E-state index in [4.69, 9.17) is 0 Å². The second-order valence-corrected chi connectivity index (χ2v) is 2.07. The molecule has 0 N–H and O–H groups in total. The zero-order valence-corrected chi connectivity index (χ0v) is 5.31. The molecule has 0 saturated heterocycles. The van der Waals surface area contributed by atoms with Crippen LogP contribution in [0.4, 0.5) is 0 Å². The third-order valence-corrected chi connectivity index (χ3v) is 0.759. The van der Waals surface area contributed by atoms with Gasteiger partial charge in [0.1, 0.15) is 0 Å². The Hall–Kier alpha value is -0.330. The molecular weight excluding hydrogens is 86.1 g/mol. The Kier molecular flexibility index (Phi) is 3.67. The molecule has 0 aromatic heterocycles. The second kappa shape index (κ2) is 3.85. The third kappa shape index (κ3) is 5.67. The first-order valence-corrected chi connectivity index (χ1v) is 2.68. The van der Waals surface area contributed by atoms with E-state index in [1.165, 1.54) is 0 Å². The summed E-state index contributed by atoms with van der Waals surface area (Å²) in [4.78, 5) is 3.85. The molecule has 1 heteroatoms. The van der Waals surface area contributed by atoms with Crippen LogP contribution in [0.2, 0.25) is 0 Å². The zero-order chi connectivity index (χ0) is 5.70. The number of hydrogen-bond acceptors (Lipinski definition) is 1. The van der Waals surface area contributed by atoms with E-state index < -0.39 is 0 Å². The maximum absolute atomic E-state index is 3.85. The lowest BCUT2D eigenvalue weighted by molar-refractivity contribution is 0.690. The molecular formula is C6H13N. The molecule has 0 aliphatic heterocycles. The van der Waals surface area contributed by atoms with E-state index in [0.29, 0.717) is 0 Å². The summed E-state index contributed by atoms with van der Waals surface area (Å²) in [5.41, 5.74) is 0. The van der Waals surface area contributed by atoms with Crippen LogP contribution in [0, 0.1) is 5.92 Å². The smallest absolute Gasteiger partial charge is 0.0273 e. The van der Waals surface area contributed by atoms with E-state index in [1.54, 1.807) is 0 Å². The molecule has 0 fully saturated rings. The van der Waals surface area contributed by atoms with Gasteiger partial charge in [-0.15, -0.1) is 0 Å². The first-order chi connectivity index (χ1) is 3.27. The number of aliphatic imine (C=N–C) groups is 1. The molecule has 0 saturated carbocycles. The van der Waals surface area contributed by atoms with Crippen LogP contribution < -0.4 is 0 Å². The zero-order valence-electron chi connectivity index (χ0n) is 5.31. The molecule has 0 heterocycles. The molecule has 0 aromatic rings. The van der Waals surface area contributed by atoms with Crippen LogP contribution in [0.25, 0.3) is 0 Å². The van der Waals surface area contributed by atoms with Gasteiger partial charge in [-0.05, 0) is 18.6 Å². The van der Waals surface area contributed by atoms with Crippen molar-refractivity contribution in [2.75, 3.05) is 7.05 Å². The van der Waals surface area contributed by atoms with Crippen molar-refractivity contribution >= 4 is 6.21 Å². The highest BCUT2D eigenvalue weighted by molar-refractivity contribution is 5.56. The lowest BCUT2D eigenvalue weighted by atomic mass is 10.2. The van der Waals surface area contributed by atoms with Gasteiger partial charge in [0.2, 0.25) is 0 Å². The minimum absolute atomic E-state index is 0.753. The molecule has 0 bridgehead atoms. The van der Waals surface area contributed by atoms with E-state index in [1.807, 2.05) is 13.3 Å². The molecule has 42 valence electrons.